The van der Waals surface area contributed by atoms with Crippen LogP contribution in [-0.2, 0) is 22.6 Å². The van der Waals surface area contributed by atoms with Crippen molar-refractivity contribution in [3.05, 3.63) is 76.3 Å². The fourth-order valence-electron chi connectivity index (χ4n) is 9.55. The number of aromatic nitrogens is 3. The number of methoxy groups -OCH3 is 2. The molecule has 0 saturated carbocycles. The van der Waals surface area contributed by atoms with Gasteiger partial charge < -0.3 is 19.3 Å². The number of hydrogen-bond acceptors (Lipinski definition) is 9. The van der Waals surface area contributed by atoms with Gasteiger partial charge in [-0.15, -0.1) is 0 Å². The maximum atomic E-state index is 16.7. The molecule has 2 spiro atoms. The SMILES string of the molecule is COc1nc(-c2cccc(-c3cccc(-c4cc5c(c(OC)n4)C(N4CC6(CN(C(C)=O)C6)C4)CC5)c3F)c2Cl)cnc1CN1CC2(C1)CN(C(C)=O)C2. The Morgan fingerprint density at radius 1 is 0.815 bits per heavy atom. The van der Waals surface area contributed by atoms with Gasteiger partial charge in [-0.3, -0.25) is 24.4 Å². The first-order valence-corrected chi connectivity index (χ1v) is 18.9. The Hall–Kier alpha value is -4.65. The van der Waals surface area contributed by atoms with Gasteiger partial charge in [0.05, 0.1) is 36.8 Å². The van der Waals surface area contributed by atoms with Crippen LogP contribution in [0.5, 0.6) is 11.8 Å². The maximum Gasteiger partial charge on any atom is 0.237 e. The Morgan fingerprint density at radius 3 is 2.06 bits per heavy atom. The van der Waals surface area contributed by atoms with E-state index in [9.17, 15) is 9.59 Å². The van der Waals surface area contributed by atoms with Crippen LogP contribution in [-0.4, -0.2) is 113 Å². The predicted molar refractivity (Wildman–Crippen MR) is 201 cm³/mol. The standard InChI is InChI=1S/C41H43ClFN7O4/c1-24(51)48-18-40(19-48)16-47(17-40)15-33-38(53-3)46-32(14-44-33)29-9-5-7-27(36(29)42)28-8-6-10-30(37(28)43)31-13-26-11-12-34(35(26)39(45-31)54-4)50-22-41(23-50)20-49(21-41)25(2)52/h5-10,13-14,34H,11-12,15-23H2,1-4H3. The molecule has 1 unspecified atom stereocenters. The summed E-state index contributed by atoms with van der Waals surface area (Å²) in [6, 6.07) is 13.0. The molecule has 4 saturated heterocycles. The van der Waals surface area contributed by atoms with E-state index < -0.39 is 5.82 Å². The van der Waals surface area contributed by atoms with Crippen LogP contribution in [0.25, 0.3) is 33.6 Å². The van der Waals surface area contributed by atoms with E-state index >= 15 is 4.39 Å². The van der Waals surface area contributed by atoms with Gasteiger partial charge in [-0.05, 0) is 30.5 Å². The van der Waals surface area contributed by atoms with Gasteiger partial charge in [-0.2, -0.15) is 0 Å². The van der Waals surface area contributed by atoms with Crippen molar-refractivity contribution in [2.75, 3.05) is 66.6 Å². The number of nitrogens with zero attached hydrogens (tertiary/aromatic N) is 7. The summed E-state index contributed by atoms with van der Waals surface area (Å²) in [5.74, 6) is 0.787. The van der Waals surface area contributed by atoms with Crippen molar-refractivity contribution in [3.8, 4) is 45.4 Å². The fourth-order valence-corrected chi connectivity index (χ4v) is 9.87. The minimum Gasteiger partial charge on any atom is -0.481 e. The Labute approximate surface area is 319 Å². The third-order valence-corrected chi connectivity index (χ3v) is 12.6. The molecule has 54 heavy (non-hydrogen) atoms. The van der Waals surface area contributed by atoms with E-state index in [1.54, 1.807) is 52.5 Å². The van der Waals surface area contributed by atoms with Crippen LogP contribution in [0, 0.1) is 16.6 Å². The largest absolute Gasteiger partial charge is 0.481 e. The van der Waals surface area contributed by atoms with E-state index in [0.29, 0.717) is 57.0 Å². The highest BCUT2D eigenvalue weighted by Gasteiger charge is 2.55. The molecule has 2 aromatic carbocycles. The topological polar surface area (TPSA) is 104 Å². The molecule has 11 nitrogen and oxygen atoms in total. The number of pyridine rings is 1. The van der Waals surface area contributed by atoms with Crippen molar-refractivity contribution in [2.45, 2.75) is 39.3 Å². The second-order valence-electron chi connectivity index (χ2n) is 16.0. The number of ether oxygens (including phenoxy) is 2. The lowest BCUT2D eigenvalue weighted by Gasteiger charge is -2.61. The normalized spacial score (nSPS) is 20.9. The first-order chi connectivity index (χ1) is 26.0. The molecule has 0 radical (unpaired) electrons. The molecule has 280 valence electrons. The monoisotopic (exact) mass is 751 g/mol. The lowest BCUT2D eigenvalue weighted by molar-refractivity contribution is -0.161. The number of amides is 2. The number of benzene rings is 2. The van der Waals surface area contributed by atoms with Crippen molar-refractivity contribution in [1.82, 2.24) is 34.6 Å². The zero-order valence-corrected chi connectivity index (χ0v) is 31.7. The van der Waals surface area contributed by atoms with E-state index in [1.165, 1.54) is 0 Å². The summed E-state index contributed by atoms with van der Waals surface area (Å²) in [5.41, 5.74) is 6.24. The van der Waals surface area contributed by atoms with Crippen LogP contribution in [0.3, 0.4) is 0 Å². The van der Waals surface area contributed by atoms with Crippen LogP contribution in [0.2, 0.25) is 5.02 Å². The maximum absolute atomic E-state index is 16.7. The van der Waals surface area contributed by atoms with Crippen molar-refractivity contribution in [2.24, 2.45) is 10.8 Å². The summed E-state index contributed by atoms with van der Waals surface area (Å²) in [6.45, 7) is 10.8. The van der Waals surface area contributed by atoms with Crippen LogP contribution in [0.1, 0.15) is 43.1 Å². The van der Waals surface area contributed by atoms with Gasteiger partial charge in [0.15, 0.2) is 0 Å². The first kappa shape index (κ1) is 35.1. The summed E-state index contributed by atoms with van der Waals surface area (Å²) >= 11 is 7.06. The molecule has 4 aliphatic heterocycles. The highest BCUT2D eigenvalue weighted by atomic mass is 35.5. The number of carbonyl (C=O) groups excluding carboxylic acids is 2. The average molecular weight is 752 g/mol. The molecule has 2 aromatic heterocycles. The summed E-state index contributed by atoms with van der Waals surface area (Å²) in [4.78, 5) is 46.3. The molecule has 0 bridgehead atoms. The van der Waals surface area contributed by atoms with Crippen LogP contribution in [0.15, 0.2) is 48.7 Å². The summed E-state index contributed by atoms with van der Waals surface area (Å²) in [7, 11) is 3.20. The molecular weight excluding hydrogens is 709 g/mol. The molecule has 4 fully saturated rings. The van der Waals surface area contributed by atoms with Gasteiger partial charge in [0, 0.05) is 117 Å². The van der Waals surface area contributed by atoms with Crippen molar-refractivity contribution < 1.29 is 23.5 Å². The van der Waals surface area contributed by atoms with E-state index in [-0.39, 0.29) is 28.7 Å². The molecule has 9 rings (SSSR count). The smallest absolute Gasteiger partial charge is 0.237 e. The third kappa shape index (κ3) is 5.72. The van der Waals surface area contributed by atoms with Crippen LogP contribution < -0.4 is 9.47 Å². The minimum atomic E-state index is -0.422. The summed E-state index contributed by atoms with van der Waals surface area (Å²) < 4.78 is 28.2. The van der Waals surface area contributed by atoms with Gasteiger partial charge in [0.25, 0.3) is 0 Å². The number of carbonyl (C=O) groups is 2. The van der Waals surface area contributed by atoms with Gasteiger partial charge in [0.2, 0.25) is 23.6 Å². The van der Waals surface area contributed by atoms with Crippen LogP contribution >= 0.6 is 11.6 Å². The number of aryl methyl sites for hydroxylation is 1. The molecule has 5 aliphatic rings. The summed E-state index contributed by atoms with van der Waals surface area (Å²) in [6.07, 6.45) is 3.49. The molecule has 4 aromatic rings. The number of fused-ring (bicyclic) bond motifs is 1. The number of rotatable bonds is 8. The van der Waals surface area contributed by atoms with E-state index in [0.717, 1.165) is 82.0 Å². The molecule has 1 aliphatic carbocycles. The second kappa shape index (κ2) is 13.0. The minimum absolute atomic E-state index is 0.126. The lowest BCUT2D eigenvalue weighted by Crippen LogP contribution is -2.72. The molecular formula is C41H43ClFN7O4. The zero-order valence-electron chi connectivity index (χ0n) is 31.0. The molecule has 1 atom stereocenters. The molecule has 0 N–H and O–H groups in total. The Balaban J connectivity index is 0.943. The van der Waals surface area contributed by atoms with Crippen LogP contribution in [0.4, 0.5) is 4.39 Å². The highest BCUT2D eigenvalue weighted by Crippen LogP contribution is 2.50. The predicted octanol–water partition coefficient (Wildman–Crippen LogP) is 5.50. The van der Waals surface area contributed by atoms with Gasteiger partial charge in [-0.1, -0.05) is 41.9 Å². The Kier molecular flexibility index (Phi) is 8.44. The van der Waals surface area contributed by atoms with E-state index in [2.05, 4.69) is 9.80 Å². The van der Waals surface area contributed by atoms with E-state index in [4.69, 9.17) is 36.0 Å². The van der Waals surface area contributed by atoms with Gasteiger partial charge >= 0.3 is 0 Å². The number of likely N-dealkylation sites (tertiary alicyclic amines) is 4. The number of halogens is 2. The second-order valence-corrected chi connectivity index (χ2v) is 16.4. The van der Waals surface area contributed by atoms with E-state index in [1.807, 2.05) is 34.1 Å². The highest BCUT2D eigenvalue weighted by molar-refractivity contribution is 6.36. The van der Waals surface area contributed by atoms with Gasteiger partial charge in [0.1, 0.15) is 11.5 Å². The first-order valence-electron chi connectivity index (χ1n) is 18.5. The lowest BCUT2D eigenvalue weighted by atomic mass is 9.72. The zero-order chi connectivity index (χ0) is 37.5. The molecule has 6 heterocycles. The van der Waals surface area contributed by atoms with Crippen molar-refractivity contribution >= 4 is 23.4 Å². The average Bonchev–Trinajstić information content (AvgIpc) is 3.51. The Morgan fingerprint density at radius 2 is 1.41 bits per heavy atom. The third-order valence-electron chi connectivity index (χ3n) is 12.2. The van der Waals surface area contributed by atoms with Crippen molar-refractivity contribution in [3.63, 3.8) is 0 Å². The fraction of sp³-hybridized carbons (Fsp3) is 0.439. The number of hydrogen-bond donors (Lipinski definition) is 0. The quantitative estimate of drug-likeness (QED) is 0.231. The summed E-state index contributed by atoms with van der Waals surface area (Å²) in [5, 5.41) is 0.356. The molecule has 2 amide bonds. The molecule has 13 heteroatoms. The Bertz CT molecular complexity index is 2190. The van der Waals surface area contributed by atoms with Gasteiger partial charge in [-0.25, -0.2) is 14.4 Å². The van der Waals surface area contributed by atoms with Crippen molar-refractivity contribution in [1.29, 1.82) is 0 Å².